The van der Waals surface area contributed by atoms with Gasteiger partial charge in [0.15, 0.2) is 11.6 Å². The Hall–Kier alpha value is -4.50. The van der Waals surface area contributed by atoms with Crippen molar-refractivity contribution in [3.63, 3.8) is 0 Å². The molecular weight excluding hydrogens is 593 g/mol. The Morgan fingerprint density at radius 2 is 1.80 bits per heavy atom. The van der Waals surface area contributed by atoms with Gasteiger partial charge >= 0.3 is 0 Å². The van der Waals surface area contributed by atoms with Gasteiger partial charge in [0.05, 0.1) is 23.9 Å². The number of hydrogen-bond donors (Lipinski definition) is 1. The molecule has 0 saturated carbocycles. The second-order valence-electron chi connectivity index (χ2n) is 10.9. The lowest BCUT2D eigenvalue weighted by Crippen LogP contribution is -2.52. The molecule has 3 heterocycles. The maximum absolute atomic E-state index is 15.2. The Morgan fingerprint density at radius 3 is 2.52 bits per heavy atom. The molecule has 1 N–H and O–H groups in total. The zero-order chi connectivity index (χ0) is 31.0. The molecule has 3 amide bonds. The molecule has 3 aromatic carbocycles. The molecule has 0 spiro atoms. The van der Waals surface area contributed by atoms with Crippen LogP contribution in [0, 0.1) is 28.8 Å². The molecule has 3 aromatic rings. The van der Waals surface area contributed by atoms with Gasteiger partial charge in [0, 0.05) is 46.3 Å². The number of rotatable bonds is 7. The number of carbonyl (C=O) groups excluding carboxylic acids is 3. The Labute approximate surface area is 255 Å². The van der Waals surface area contributed by atoms with Crippen LogP contribution in [0.3, 0.4) is 0 Å². The predicted molar refractivity (Wildman–Crippen MR) is 155 cm³/mol. The molecule has 0 aromatic heterocycles. The van der Waals surface area contributed by atoms with Crippen molar-refractivity contribution < 1.29 is 32.3 Å². The summed E-state index contributed by atoms with van der Waals surface area (Å²) in [5.41, 5.74) is 1.59. The van der Waals surface area contributed by atoms with Crippen LogP contribution in [0.25, 0.3) is 0 Å². The fourth-order valence-electron chi connectivity index (χ4n) is 5.85. The van der Waals surface area contributed by atoms with Crippen LogP contribution in [-0.2, 0) is 22.7 Å². The van der Waals surface area contributed by atoms with Crippen LogP contribution in [0.5, 0.6) is 5.75 Å². The van der Waals surface area contributed by atoms with Crippen LogP contribution < -0.4 is 15.0 Å². The van der Waals surface area contributed by atoms with E-state index < -0.39 is 29.4 Å². The van der Waals surface area contributed by atoms with E-state index in [1.165, 1.54) is 34.9 Å². The molecular formula is C32H27F3N4O4S. The molecule has 44 heavy (non-hydrogen) atoms. The standard InChI is InChI=1S/C32H27F3N4O4S/c33-23-14-18(15-36)4-6-24(23)38-12-10-20(11-13-38)44-27-8-5-19(29(34)30(27)35)17-43-26-3-1-2-21-22(26)16-39(32(21)42)25-7-9-28(40)37-31(25)41/h1-6,8,14,20,25H,7,9-13,16-17H2,(H,37,40,41)/t25-/m0/s1. The number of ether oxygens (including phenoxy) is 1. The maximum atomic E-state index is 15.2. The quantitative estimate of drug-likeness (QED) is 0.368. The highest BCUT2D eigenvalue weighted by molar-refractivity contribution is 8.00. The van der Waals surface area contributed by atoms with Crippen LogP contribution in [0.1, 0.15) is 52.7 Å². The van der Waals surface area contributed by atoms with E-state index in [0.717, 1.165) is 0 Å². The number of imide groups is 1. The highest BCUT2D eigenvalue weighted by Gasteiger charge is 2.40. The number of nitrogens with one attached hydrogen (secondary N) is 1. The fraction of sp³-hybridized carbons (Fsp3) is 0.312. The normalized spacial score (nSPS) is 18.7. The number of anilines is 1. The summed E-state index contributed by atoms with van der Waals surface area (Å²) < 4.78 is 50.6. The van der Waals surface area contributed by atoms with E-state index in [1.807, 2.05) is 11.0 Å². The molecule has 0 unspecified atom stereocenters. The molecule has 6 rings (SSSR count). The molecule has 1 atom stereocenters. The van der Waals surface area contributed by atoms with E-state index in [2.05, 4.69) is 5.32 Å². The zero-order valence-corrected chi connectivity index (χ0v) is 24.3. The number of carbonyl (C=O) groups is 3. The molecule has 0 radical (unpaired) electrons. The maximum Gasteiger partial charge on any atom is 0.255 e. The van der Waals surface area contributed by atoms with E-state index >= 15 is 8.78 Å². The van der Waals surface area contributed by atoms with Crippen LogP contribution in [0.2, 0.25) is 0 Å². The third-order valence-electron chi connectivity index (χ3n) is 8.20. The zero-order valence-electron chi connectivity index (χ0n) is 23.4. The van der Waals surface area contributed by atoms with Crippen LogP contribution in [0.4, 0.5) is 18.9 Å². The first-order chi connectivity index (χ1) is 21.2. The largest absolute Gasteiger partial charge is 0.488 e. The number of nitrogens with zero attached hydrogens (tertiary/aromatic N) is 3. The van der Waals surface area contributed by atoms with Gasteiger partial charge in [-0.25, -0.2) is 13.2 Å². The van der Waals surface area contributed by atoms with Gasteiger partial charge < -0.3 is 14.5 Å². The topological polar surface area (TPSA) is 103 Å². The third kappa shape index (κ3) is 5.71. The van der Waals surface area contributed by atoms with Gasteiger partial charge in [-0.05, 0) is 55.7 Å². The van der Waals surface area contributed by atoms with Crippen molar-refractivity contribution in [2.45, 2.75) is 55.0 Å². The average molecular weight is 621 g/mol. The van der Waals surface area contributed by atoms with Crippen LogP contribution in [-0.4, -0.2) is 47.0 Å². The summed E-state index contributed by atoms with van der Waals surface area (Å²) in [6.07, 6.45) is 1.65. The highest BCUT2D eigenvalue weighted by atomic mass is 32.2. The Kier molecular flexibility index (Phi) is 8.23. The summed E-state index contributed by atoms with van der Waals surface area (Å²) in [5.74, 6) is -3.36. The Balaban J connectivity index is 1.08. The highest BCUT2D eigenvalue weighted by Crippen LogP contribution is 2.37. The number of halogens is 3. The first-order valence-electron chi connectivity index (χ1n) is 14.2. The van der Waals surface area contributed by atoms with Crippen LogP contribution in [0.15, 0.2) is 53.4 Å². The number of hydrogen-bond acceptors (Lipinski definition) is 7. The molecule has 226 valence electrons. The van der Waals surface area contributed by atoms with Crippen molar-refractivity contribution in [1.29, 1.82) is 5.26 Å². The Morgan fingerprint density at radius 1 is 1.00 bits per heavy atom. The fourth-order valence-corrected chi connectivity index (χ4v) is 6.99. The van der Waals surface area contributed by atoms with Gasteiger partial charge in [0.2, 0.25) is 11.8 Å². The lowest BCUT2D eigenvalue weighted by atomic mass is 10.0. The second kappa shape index (κ2) is 12.2. The predicted octanol–water partition coefficient (Wildman–Crippen LogP) is 5.08. The number of fused-ring (bicyclic) bond motifs is 1. The third-order valence-corrected chi connectivity index (χ3v) is 9.58. The summed E-state index contributed by atoms with van der Waals surface area (Å²) in [6.45, 7) is 0.910. The molecule has 0 aliphatic carbocycles. The van der Waals surface area contributed by atoms with Gasteiger partial charge in [-0.2, -0.15) is 5.26 Å². The van der Waals surface area contributed by atoms with Gasteiger partial charge in [-0.1, -0.05) is 12.1 Å². The molecule has 2 fully saturated rings. The summed E-state index contributed by atoms with van der Waals surface area (Å²) in [7, 11) is 0. The number of thioether (sulfide) groups is 1. The summed E-state index contributed by atoms with van der Waals surface area (Å²) >= 11 is 1.25. The lowest BCUT2D eigenvalue weighted by molar-refractivity contribution is -0.136. The number of nitriles is 1. The minimum absolute atomic E-state index is 0.0143. The van der Waals surface area contributed by atoms with E-state index in [9.17, 15) is 18.8 Å². The number of amides is 3. The van der Waals surface area contributed by atoms with Crippen molar-refractivity contribution in [2.75, 3.05) is 18.0 Å². The molecule has 3 aliphatic rings. The molecule has 12 heteroatoms. The van der Waals surface area contributed by atoms with Gasteiger partial charge in [0.1, 0.15) is 24.2 Å². The van der Waals surface area contributed by atoms with Crippen molar-refractivity contribution in [2.24, 2.45) is 0 Å². The second-order valence-corrected chi connectivity index (χ2v) is 12.2. The molecule has 8 nitrogen and oxygen atoms in total. The van der Waals surface area contributed by atoms with Crippen LogP contribution >= 0.6 is 11.8 Å². The number of benzene rings is 3. The summed E-state index contributed by atoms with van der Waals surface area (Å²) in [5, 5.41) is 11.2. The van der Waals surface area contributed by atoms with Crippen molar-refractivity contribution in [3.8, 4) is 11.8 Å². The smallest absolute Gasteiger partial charge is 0.255 e. The summed E-state index contributed by atoms with van der Waals surface area (Å²) in [6, 6.07) is 13.4. The Bertz CT molecular complexity index is 1700. The van der Waals surface area contributed by atoms with E-state index in [4.69, 9.17) is 10.00 Å². The lowest BCUT2D eigenvalue weighted by Gasteiger charge is -2.33. The first kappa shape index (κ1) is 29.6. The van der Waals surface area contributed by atoms with E-state index in [0.29, 0.717) is 48.5 Å². The molecule has 3 aliphatic heterocycles. The monoisotopic (exact) mass is 620 g/mol. The summed E-state index contributed by atoms with van der Waals surface area (Å²) in [4.78, 5) is 40.4. The van der Waals surface area contributed by atoms with E-state index in [1.54, 1.807) is 30.3 Å². The minimum Gasteiger partial charge on any atom is -0.488 e. The van der Waals surface area contributed by atoms with Gasteiger partial charge in [-0.15, -0.1) is 11.8 Å². The number of piperidine rings is 2. The average Bonchev–Trinajstić information content (AvgIpc) is 3.36. The SMILES string of the molecule is N#Cc1ccc(N2CCC(Sc3ccc(COc4cccc5c4CN([C@H]4CCC(=O)NC4=O)C5=O)c(F)c3F)CC2)c(F)c1. The van der Waals surface area contributed by atoms with Crippen molar-refractivity contribution >= 4 is 35.2 Å². The molecule has 0 bridgehead atoms. The van der Waals surface area contributed by atoms with Gasteiger partial charge in [0.25, 0.3) is 5.91 Å². The van der Waals surface area contributed by atoms with Crippen molar-refractivity contribution in [1.82, 2.24) is 10.2 Å². The van der Waals surface area contributed by atoms with E-state index in [-0.39, 0.29) is 59.1 Å². The van der Waals surface area contributed by atoms with Gasteiger partial charge in [-0.3, -0.25) is 19.7 Å². The molecule has 2 saturated heterocycles. The van der Waals surface area contributed by atoms with Crippen molar-refractivity contribution in [3.05, 3.63) is 88.2 Å². The first-order valence-corrected chi connectivity index (χ1v) is 15.1. The minimum atomic E-state index is -1.01.